The molecule has 4 rings (SSSR count). The van der Waals surface area contributed by atoms with Gasteiger partial charge in [-0.2, -0.15) is 0 Å². The van der Waals surface area contributed by atoms with Crippen molar-refractivity contribution >= 4 is 27.5 Å². The lowest BCUT2D eigenvalue weighted by Gasteiger charge is -2.17. The quantitative estimate of drug-likeness (QED) is 0.703. The van der Waals surface area contributed by atoms with Crippen molar-refractivity contribution in [3.63, 3.8) is 0 Å². The van der Waals surface area contributed by atoms with Gasteiger partial charge in [0.15, 0.2) is 0 Å². The van der Waals surface area contributed by atoms with E-state index in [0.29, 0.717) is 16.1 Å². The Kier molecular flexibility index (Phi) is 5.21. The van der Waals surface area contributed by atoms with Crippen LogP contribution in [0.25, 0.3) is 10.2 Å². The summed E-state index contributed by atoms with van der Waals surface area (Å²) in [5, 5.41) is 3.27. The number of hydrogen-bond donors (Lipinski definition) is 1. The van der Waals surface area contributed by atoms with Crippen molar-refractivity contribution in [2.24, 2.45) is 5.92 Å². The number of amides is 1. The van der Waals surface area contributed by atoms with E-state index in [1.165, 1.54) is 21.8 Å². The fourth-order valence-electron chi connectivity index (χ4n) is 3.85. The van der Waals surface area contributed by atoms with Crippen molar-refractivity contribution in [3.8, 4) is 0 Å². The summed E-state index contributed by atoms with van der Waals surface area (Å²) in [5.74, 6) is -1.25. The molecule has 5 nitrogen and oxygen atoms in total. The number of fused-ring (bicyclic) bond motifs is 3. The van der Waals surface area contributed by atoms with Gasteiger partial charge in [0.2, 0.25) is 5.91 Å². The molecule has 1 aromatic carbocycles. The zero-order chi connectivity index (χ0) is 20.7. The highest BCUT2D eigenvalue weighted by Crippen LogP contribution is 2.35. The van der Waals surface area contributed by atoms with Gasteiger partial charge in [-0.15, -0.1) is 11.3 Å². The lowest BCUT2D eigenvalue weighted by molar-refractivity contribution is -0.122. The topological polar surface area (TPSA) is 64.0 Å². The number of nitrogens with one attached hydrogen (secondary N) is 1. The van der Waals surface area contributed by atoms with Crippen LogP contribution in [-0.4, -0.2) is 15.5 Å². The second-order valence-corrected chi connectivity index (χ2v) is 8.75. The first-order valence-corrected chi connectivity index (χ1v) is 10.4. The van der Waals surface area contributed by atoms with Gasteiger partial charge in [-0.05, 0) is 43.7 Å². The molecule has 1 aliphatic rings. The summed E-state index contributed by atoms with van der Waals surface area (Å²) in [6, 6.07) is 2.56. The minimum atomic E-state index is -0.725. The van der Waals surface area contributed by atoms with Crippen molar-refractivity contribution in [1.82, 2.24) is 14.9 Å². The second kappa shape index (κ2) is 7.67. The van der Waals surface area contributed by atoms with Crippen LogP contribution >= 0.6 is 11.3 Å². The summed E-state index contributed by atoms with van der Waals surface area (Å²) in [5.41, 5.74) is 1.02. The van der Waals surface area contributed by atoms with Crippen molar-refractivity contribution < 1.29 is 13.6 Å². The van der Waals surface area contributed by atoms with E-state index < -0.39 is 23.6 Å². The average Bonchev–Trinajstić information content (AvgIpc) is 3.02. The highest BCUT2D eigenvalue weighted by Gasteiger charge is 2.23. The molecule has 29 heavy (non-hydrogen) atoms. The molecule has 3 aromatic rings. The largest absolute Gasteiger partial charge is 0.348 e. The van der Waals surface area contributed by atoms with Crippen LogP contribution in [0.1, 0.15) is 42.3 Å². The number of benzene rings is 1. The fourth-order valence-corrected chi connectivity index (χ4v) is 5.19. The summed E-state index contributed by atoms with van der Waals surface area (Å²) in [4.78, 5) is 31.7. The number of nitrogens with zero attached hydrogens (tertiary/aromatic N) is 2. The Balaban J connectivity index is 1.55. The minimum absolute atomic E-state index is 0.182. The highest BCUT2D eigenvalue weighted by atomic mass is 32.1. The molecule has 0 saturated heterocycles. The van der Waals surface area contributed by atoms with Crippen LogP contribution in [0.2, 0.25) is 0 Å². The van der Waals surface area contributed by atoms with E-state index in [0.717, 1.165) is 37.0 Å². The van der Waals surface area contributed by atoms with Crippen molar-refractivity contribution in [1.29, 1.82) is 0 Å². The van der Waals surface area contributed by atoms with Gasteiger partial charge in [-0.3, -0.25) is 14.2 Å². The molecular formula is C21H21F2N3O2S. The van der Waals surface area contributed by atoms with E-state index in [-0.39, 0.29) is 17.7 Å². The molecule has 0 aliphatic heterocycles. The molecule has 2 heterocycles. The first-order chi connectivity index (χ1) is 13.8. The van der Waals surface area contributed by atoms with E-state index in [4.69, 9.17) is 0 Å². The van der Waals surface area contributed by atoms with Gasteiger partial charge in [0, 0.05) is 16.5 Å². The fraction of sp³-hybridized carbons (Fsp3) is 0.381. The smallest absolute Gasteiger partial charge is 0.262 e. The maximum Gasteiger partial charge on any atom is 0.262 e. The molecule has 8 heteroatoms. The third kappa shape index (κ3) is 3.81. The number of rotatable bonds is 4. The van der Waals surface area contributed by atoms with Crippen molar-refractivity contribution in [2.75, 3.05) is 0 Å². The molecule has 2 aromatic heterocycles. The number of hydrogen-bond acceptors (Lipinski definition) is 4. The van der Waals surface area contributed by atoms with Gasteiger partial charge in [0.1, 0.15) is 23.0 Å². The van der Waals surface area contributed by atoms with Crippen LogP contribution in [0.3, 0.4) is 0 Å². The summed E-state index contributed by atoms with van der Waals surface area (Å²) in [6.45, 7) is 3.60. The molecule has 0 bridgehead atoms. The third-order valence-electron chi connectivity index (χ3n) is 5.40. The zero-order valence-corrected chi connectivity index (χ0v) is 17.0. The minimum Gasteiger partial charge on any atom is -0.348 e. The normalized spacial score (nSPS) is 17.2. The lowest BCUT2D eigenvalue weighted by atomic mass is 9.89. The number of carbonyl (C=O) groups excluding carboxylic acids is 1. The third-order valence-corrected chi connectivity index (χ3v) is 6.56. The Morgan fingerprint density at radius 3 is 2.97 bits per heavy atom. The summed E-state index contributed by atoms with van der Waals surface area (Å²) >= 11 is 1.56. The molecule has 0 spiro atoms. The maximum absolute atomic E-state index is 13.9. The predicted molar refractivity (Wildman–Crippen MR) is 108 cm³/mol. The SMILES string of the molecule is C[C@H]1CCc2c(sc3ncn(CC(=O)N[C@H](C)c4ccc(F)cc4F)c(=O)c23)C1. The average molecular weight is 417 g/mol. The van der Waals surface area contributed by atoms with Crippen LogP contribution in [0, 0.1) is 17.6 Å². The van der Waals surface area contributed by atoms with Crippen LogP contribution < -0.4 is 10.9 Å². The zero-order valence-electron chi connectivity index (χ0n) is 16.2. The Labute approximate surface area is 170 Å². The molecule has 0 unspecified atom stereocenters. The van der Waals surface area contributed by atoms with Crippen LogP contribution in [-0.2, 0) is 24.2 Å². The van der Waals surface area contributed by atoms with Gasteiger partial charge >= 0.3 is 0 Å². The molecule has 0 fully saturated rings. The van der Waals surface area contributed by atoms with Gasteiger partial charge < -0.3 is 5.32 Å². The van der Waals surface area contributed by atoms with E-state index >= 15 is 0 Å². The van der Waals surface area contributed by atoms with Gasteiger partial charge in [-0.1, -0.05) is 13.0 Å². The molecular weight excluding hydrogens is 396 g/mol. The van der Waals surface area contributed by atoms with Gasteiger partial charge in [-0.25, -0.2) is 13.8 Å². The molecule has 1 amide bonds. The number of halogens is 2. The van der Waals surface area contributed by atoms with E-state index in [1.54, 1.807) is 18.3 Å². The number of aromatic nitrogens is 2. The molecule has 0 radical (unpaired) electrons. The number of thiophene rings is 1. The van der Waals surface area contributed by atoms with Crippen LogP contribution in [0.4, 0.5) is 8.78 Å². The molecule has 152 valence electrons. The second-order valence-electron chi connectivity index (χ2n) is 7.66. The van der Waals surface area contributed by atoms with Crippen molar-refractivity contribution in [3.05, 3.63) is 62.5 Å². The Hall–Kier alpha value is -2.61. The summed E-state index contributed by atoms with van der Waals surface area (Å²) in [7, 11) is 0. The lowest BCUT2D eigenvalue weighted by Crippen LogP contribution is -2.34. The number of aryl methyl sites for hydroxylation is 1. The van der Waals surface area contributed by atoms with Gasteiger partial charge in [0.25, 0.3) is 5.56 Å². The number of carbonyl (C=O) groups is 1. The van der Waals surface area contributed by atoms with Crippen molar-refractivity contribution in [2.45, 2.75) is 45.7 Å². The Morgan fingerprint density at radius 1 is 1.41 bits per heavy atom. The highest BCUT2D eigenvalue weighted by molar-refractivity contribution is 7.18. The standard InChI is InChI=1S/C21H21F2N3O2S/c1-11-3-5-15-17(7-11)29-20-19(15)21(28)26(10-24-20)9-18(27)25-12(2)14-6-4-13(22)8-16(14)23/h4,6,8,10-12H,3,5,7,9H2,1-2H3,(H,25,27)/t11-,12+/m0/s1. The predicted octanol–water partition coefficient (Wildman–Crippen LogP) is 3.74. The summed E-state index contributed by atoms with van der Waals surface area (Å²) < 4.78 is 28.3. The van der Waals surface area contributed by atoms with Crippen LogP contribution in [0.5, 0.6) is 0 Å². The first kappa shape index (κ1) is 19.7. The first-order valence-electron chi connectivity index (χ1n) is 9.57. The molecule has 2 atom stereocenters. The molecule has 0 saturated carbocycles. The van der Waals surface area contributed by atoms with Crippen LogP contribution in [0.15, 0.2) is 29.3 Å². The Bertz CT molecular complexity index is 1150. The maximum atomic E-state index is 13.9. The van der Waals surface area contributed by atoms with E-state index in [1.807, 2.05) is 0 Å². The Morgan fingerprint density at radius 2 is 2.21 bits per heavy atom. The molecule has 1 aliphatic carbocycles. The summed E-state index contributed by atoms with van der Waals surface area (Å²) in [6.07, 6.45) is 4.23. The van der Waals surface area contributed by atoms with E-state index in [9.17, 15) is 18.4 Å². The van der Waals surface area contributed by atoms with E-state index in [2.05, 4.69) is 17.2 Å². The monoisotopic (exact) mass is 417 g/mol. The molecule has 1 N–H and O–H groups in total. The van der Waals surface area contributed by atoms with Gasteiger partial charge in [0.05, 0.1) is 17.8 Å².